The Kier molecular flexibility index (Phi) is 4.90. The predicted octanol–water partition coefficient (Wildman–Crippen LogP) is 4.61. The van der Waals surface area contributed by atoms with Crippen LogP contribution in [0.2, 0.25) is 0 Å². The molecule has 1 amide bonds. The number of fused-ring (bicyclic) bond motifs is 1. The van der Waals surface area contributed by atoms with Crippen molar-refractivity contribution in [2.75, 3.05) is 11.9 Å². The maximum atomic E-state index is 12.9. The largest absolute Gasteiger partial charge is 0.309 e. The van der Waals surface area contributed by atoms with Crippen molar-refractivity contribution in [2.24, 2.45) is 10.1 Å². The summed E-state index contributed by atoms with van der Waals surface area (Å²) in [5.41, 5.74) is 4.22. The number of hydrogen-bond donors (Lipinski definition) is 0. The summed E-state index contributed by atoms with van der Waals surface area (Å²) < 4.78 is 1.81. The molecule has 7 heteroatoms. The number of nitrogens with zero attached hydrogens (tertiary/aromatic N) is 4. The quantitative estimate of drug-likeness (QED) is 0.467. The van der Waals surface area contributed by atoms with Gasteiger partial charge in [0.1, 0.15) is 0 Å². The minimum Gasteiger partial charge on any atom is -0.309 e. The molecule has 3 heterocycles. The van der Waals surface area contributed by atoms with Crippen LogP contribution in [0.15, 0.2) is 87.6 Å². The van der Waals surface area contributed by atoms with Crippen molar-refractivity contribution in [3.05, 3.63) is 93.4 Å². The molecule has 0 aliphatic carbocycles. The van der Waals surface area contributed by atoms with Crippen molar-refractivity contribution in [1.29, 1.82) is 0 Å². The first-order valence-corrected chi connectivity index (χ1v) is 11.2. The average molecular weight is 431 g/mol. The number of para-hydroxylation sites is 1. The van der Waals surface area contributed by atoms with Gasteiger partial charge in [0.2, 0.25) is 4.80 Å². The molecule has 0 bridgehead atoms. The molecular formula is C23H18N4OS2. The summed E-state index contributed by atoms with van der Waals surface area (Å²) in [4.78, 5) is 21.2. The molecule has 0 fully saturated rings. The van der Waals surface area contributed by atoms with E-state index in [2.05, 4.69) is 23.6 Å². The van der Waals surface area contributed by atoms with Crippen molar-refractivity contribution < 1.29 is 4.79 Å². The second kappa shape index (κ2) is 7.85. The van der Waals surface area contributed by atoms with E-state index in [0.717, 1.165) is 32.2 Å². The Labute approximate surface area is 181 Å². The zero-order chi connectivity index (χ0) is 20.5. The monoisotopic (exact) mass is 430 g/mol. The number of anilines is 1. The Bertz CT molecular complexity index is 1300. The van der Waals surface area contributed by atoms with E-state index in [1.54, 1.807) is 23.3 Å². The third-order valence-corrected chi connectivity index (χ3v) is 6.67. The average Bonchev–Trinajstić information content (AvgIpc) is 3.50. The summed E-state index contributed by atoms with van der Waals surface area (Å²) in [5, 5.41) is 8.91. The van der Waals surface area contributed by atoms with Crippen LogP contribution in [0.5, 0.6) is 0 Å². The van der Waals surface area contributed by atoms with E-state index >= 15 is 0 Å². The topological polar surface area (TPSA) is 50.0 Å². The maximum Gasteiger partial charge on any atom is 0.279 e. The van der Waals surface area contributed by atoms with E-state index in [9.17, 15) is 4.79 Å². The smallest absolute Gasteiger partial charge is 0.279 e. The normalized spacial score (nSPS) is 15.2. The van der Waals surface area contributed by atoms with E-state index in [4.69, 9.17) is 10.1 Å². The van der Waals surface area contributed by atoms with Crippen LogP contribution in [-0.2, 0) is 11.3 Å². The number of likely N-dealkylation sites (N-methyl/N-ethyl adjacent to an activating group) is 1. The van der Waals surface area contributed by atoms with Gasteiger partial charge in [0.15, 0.2) is 5.71 Å². The fourth-order valence-corrected chi connectivity index (χ4v) is 5.01. The minimum atomic E-state index is -0.110. The molecule has 0 unspecified atom stereocenters. The van der Waals surface area contributed by atoms with E-state index < -0.39 is 0 Å². The molecule has 30 heavy (non-hydrogen) atoms. The molecule has 0 saturated heterocycles. The first-order valence-electron chi connectivity index (χ1n) is 9.47. The van der Waals surface area contributed by atoms with Gasteiger partial charge in [0, 0.05) is 18.0 Å². The molecule has 0 radical (unpaired) electrons. The molecule has 0 atom stereocenters. The number of aromatic nitrogens is 1. The molecule has 2 aromatic carbocycles. The molecule has 4 aromatic rings. The summed E-state index contributed by atoms with van der Waals surface area (Å²) in [6.07, 6.45) is 0. The van der Waals surface area contributed by atoms with Gasteiger partial charge in [0.05, 0.1) is 22.8 Å². The molecule has 0 spiro atoms. The second-order valence-electron chi connectivity index (χ2n) is 6.82. The molecule has 1 aliphatic heterocycles. The minimum absolute atomic E-state index is 0.110. The molecule has 5 rings (SSSR count). The van der Waals surface area contributed by atoms with Crippen LogP contribution < -0.4 is 9.70 Å². The van der Waals surface area contributed by atoms with Gasteiger partial charge in [-0.15, -0.1) is 22.7 Å². The molecule has 1 aliphatic rings. The number of carbonyl (C=O) groups excluding carboxylic acids is 1. The van der Waals surface area contributed by atoms with E-state index in [1.807, 2.05) is 58.6 Å². The van der Waals surface area contributed by atoms with Crippen LogP contribution in [0.25, 0.3) is 10.6 Å². The van der Waals surface area contributed by atoms with Gasteiger partial charge in [-0.25, -0.2) is 4.68 Å². The van der Waals surface area contributed by atoms with Gasteiger partial charge in [0.25, 0.3) is 5.91 Å². The first-order chi connectivity index (χ1) is 14.7. The Morgan fingerprint density at radius 2 is 1.73 bits per heavy atom. The van der Waals surface area contributed by atoms with E-state index in [0.29, 0.717) is 12.3 Å². The highest BCUT2D eigenvalue weighted by atomic mass is 32.1. The molecule has 2 aromatic heterocycles. The van der Waals surface area contributed by atoms with Gasteiger partial charge in [-0.1, -0.05) is 54.6 Å². The number of amides is 1. The molecule has 5 nitrogen and oxygen atoms in total. The highest BCUT2D eigenvalue weighted by Gasteiger charge is 2.31. The van der Waals surface area contributed by atoms with Gasteiger partial charge in [-0.05, 0) is 23.1 Å². The third kappa shape index (κ3) is 3.32. The molecule has 0 N–H and O–H groups in total. The zero-order valence-corrected chi connectivity index (χ0v) is 17.9. The van der Waals surface area contributed by atoms with Crippen LogP contribution >= 0.6 is 22.7 Å². The molecular weight excluding hydrogens is 412 g/mol. The number of carbonyl (C=O) groups is 1. The van der Waals surface area contributed by atoms with E-state index in [1.165, 1.54) is 11.3 Å². The fraction of sp³-hybridized carbons (Fsp3) is 0.0870. The Morgan fingerprint density at radius 3 is 2.53 bits per heavy atom. The Balaban J connectivity index is 1.66. The highest BCUT2D eigenvalue weighted by molar-refractivity contribution is 7.14. The lowest BCUT2D eigenvalue weighted by Gasteiger charge is -2.07. The van der Waals surface area contributed by atoms with Crippen molar-refractivity contribution in [2.45, 2.75) is 6.54 Å². The highest BCUT2D eigenvalue weighted by Crippen LogP contribution is 2.29. The van der Waals surface area contributed by atoms with E-state index in [-0.39, 0.29) is 5.91 Å². The lowest BCUT2D eigenvalue weighted by molar-refractivity contribution is -0.112. The predicted molar refractivity (Wildman–Crippen MR) is 123 cm³/mol. The SMILES string of the molecule is CN1C(=O)C(=Nn2c(-c3cccs3)csc2=NCc2ccccc2)c2ccccc21. The van der Waals surface area contributed by atoms with Crippen LogP contribution in [0, 0.1) is 0 Å². The van der Waals surface area contributed by atoms with Crippen molar-refractivity contribution in [1.82, 2.24) is 4.68 Å². The van der Waals surface area contributed by atoms with Crippen molar-refractivity contribution >= 4 is 40.0 Å². The van der Waals surface area contributed by atoms with Crippen molar-refractivity contribution in [3.63, 3.8) is 0 Å². The van der Waals surface area contributed by atoms with Crippen LogP contribution in [0.1, 0.15) is 11.1 Å². The van der Waals surface area contributed by atoms with Gasteiger partial charge < -0.3 is 4.90 Å². The second-order valence-corrected chi connectivity index (χ2v) is 8.61. The van der Waals surface area contributed by atoms with Gasteiger partial charge >= 0.3 is 0 Å². The van der Waals surface area contributed by atoms with Gasteiger partial charge in [-0.2, -0.15) is 5.10 Å². The molecule has 0 saturated carbocycles. The maximum absolute atomic E-state index is 12.9. The van der Waals surface area contributed by atoms with Crippen molar-refractivity contribution in [3.8, 4) is 10.6 Å². The summed E-state index contributed by atoms with van der Waals surface area (Å²) >= 11 is 3.17. The van der Waals surface area contributed by atoms with Gasteiger partial charge in [-0.3, -0.25) is 9.79 Å². The first kappa shape index (κ1) is 18.7. The lowest BCUT2D eigenvalue weighted by atomic mass is 10.1. The number of benzene rings is 2. The number of thiazole rings is 1. The third-order valence-electron chi connectivity index (χ3n) is 4.93. The summed E-state index contributed by atoms with van der Waals surface area (Å²) in [6, 6.07) is 21.9. The standard InChI is InChI=1S/C23H18N4OS2/c1-26-18-11-6-5-10-17(18)21(22(26)28)25-27-19(20-12-7-13-29-20)15-30-23(27)24-14-16-8-3-2-4-9-16/h2-13,15H,14H2,1H3. The summed E-state index contributed by atoms with van der Waals surface area (Å²) in [6.45, 7) is 0.556. The lowest BCUT2D eigenvalue weighted by Crippen LogP contribution is -2.27. The zero-order valence-electron chi connectivity index (χ0n) is 16.2. The number of rotatable bonds is 4. The van der Waals surface area contributed by atoms with Crippen LogP contribution in [-0.4, -0.2) is 23.3 Å². The summed E-state index contributed by atoms with van der Waals surface area (Å²) in [7, 11) is 1.78. The number of hydrogen-bond acceptors (Lipinski definition) is 5. The fourth-order valence-electron chi connectivity index (χ4n) is 3.39. The Hall–Kier alpha value is -3.29. The number of thiophene rings is 1. The summed E-state index contributed by atoms with van der Waals surface area (Å²) in [5.74, 6) is -0.110. The Morgan fingerprint density at radius 1 is 0.933 bits per heavy atom. The molecule has 148 valence electrons. The van der Waals surface area contributed by atoms with Crippen LogP contribution in [0.4, 0.5) is 5.69 Å². The van der Waals surface area contributed by atoms with Crippen LogP contribution in [0.3, 0.4) is 0 Å².